The average Bonchev–Trinajstić information content (AvgIpc) is 3.68. The molecule has 2 aliphatic heterocycles. The molecule has 0 aromatic carbocycles. The van der Waals surface area contributed by atoms with E-state index in [0.29, 0.717) is 19.1 Å². The lowest BCUT2D eigenvalue weighted by molar-refractivity contribution is 0.237. The van der Waals surface area contributed by atoms with Crippen molar-refractivity contribution in [3.63, 3.8) is 0 Å². The summed E-state index contributed by atoms with van der Waals surface area (Å²) in [5.74, 6) is 1.44. The summed E-state index contributed by atoms with van der Waals surface area (Å²) in [4.78, 5) is 35.6. The van der Waals surface area contributed by atoms with Gasteiger partial charge in [-0.1, -0.05) is 0 Å². The highest BCUT2D eigenvalue weighted by molar-refractivity contribution is 6.16. The summed E-state index contributed by atoms with van der Waals surface area (Å²) in [5.41, 5.74) is 8.08. The lowest BCUT2D eigenvalue weighted by atomic mass is 10.0. The molecule has 2 aliphatic rings. The Labute approximate surface area is 231 Å². The number of ether oxygens (including phenoxy) is 1. The molecular weight excluding hydrogens is 502 g/mol. The van der Waals surface area contributed by atoms with Crippen molar-refractivity contribution in [2.24, 2.45) is 4.99 Å². The van der Waals surface area contributed by atoms with Crippen molar-refractivity contribution < 1.29 is 4.74 Å². The first-order valence-electron chi connectivity index (χ1n) is 13.5. The van der Waals surface area contributed by atoms with E-state index in [1.807, 2.05) is 43.8 Å². The molecule has 40 heavy (non-hydrogen) atoms. The number of hydrogen-bond acceptors (Lipinski definition) is 9. The Kier molecular flexibility index (Phi) is 6.37. The van der Waals surface area contributed by atoms with Crippen LogP contribution < -0.4 is 9.64 Å². The SMILES string of the molecule is CN1CN=C(c2nc3c(-c4ccncc4)cncc3[nH]2)c2cc(-c3cncc(OCCN4CCCC4)c3)ncc21. The van der Waals surface area contributed by atoms with Crippen LogP contribution in [-0.4, -0.2) is 80.5 Å². The number of aromatic amines is 1. The van der Waals surface area contributed by atoms with Crippen LogP contribution in [0.15, 0.2) is 72.6 Å². The maximum absolute atomic E-state index is 6.04. The van der Waals surface area contributed by atoms with Crippen molar-refractivity contribution in [1.82, 2.24) is 34.8 Å². The normalized spacial score (nSPS) is 15.3. The fraction of sp³-hybridized carbons (Fsp3) is 0.267. The number of anilines is 1. The highest BCUT2D eigenvalue weighted by Gasteiger charge is 2.24. The molecule has 1 N–H and O–H groups in total. The van der Waals surface area contributed by atoms with Crippen LogP contribution in [0.3, 0.4) is 0 Å². The minimum Gasteiger partial charge on any atom is -0.491 e. The first-order chi connectivity index (χ1) is 19.7. The zero-order chi connectivity index (χ0) is 26.9. The van der Waals surface area contributed by atoms with Crippen LogP contribution in [0, 0.1) is 0 Å². The highest BCUT2D eigenvalue weighted by Crippen LogP contribution is 2.32. The monoisotopic (exact) mass is 531 g/mol. The molecular formula is C30H29N9O. The maximum Gasteiger partial charge on any atom is 0.157 e. The van der Waals surface area contributed by atoms with Crippen molar-refractivity contribution in [1.29, 1.82) is 0 Å². The zero-order valence-electron chi connectivity index (χ0n) is 22.3. The second-order valence-electron chi connectivity index (χ2n) is 10.1. The summed E-state index contributed by atoms with van der Waals surface area (Å²) in [6, 6.07) is 7.99. The number of nitrogens with one attached hydrogen (secondary N) is 1. The second kappa shape index (κ2) is 10.5. The molecule has 7 heterocycles. The van der Waals surface area contributed by atoms with E-state index in [9.17, 15) is 0 Å². The lowest BCUT2D eigenvalue weighted by Crippen LogP contribution is -2.27. The average molecular weight is 532 g/mol. The molecule has 5 aromatic rings. The van der Waals surface area contributed by atoms with E-state index in [-0.39, 0.29) is 0 Å². The molecule has 0 saturated carbocycles. The van der Waals surface area contributed by atoms with Gasteiger partial charge in [0.25, 0.3) is 0 Å². The van der Waals surface area contributed by atoms with Crippen LogP contribution in [-0.2, 0) is 0 Å². The molecule has 10 heteroatoms. The van der Waals surface area contributed by atoms with Gasteiger partial charge in [0, 0.05) is 55.1 Å². The van der Waals surface area contributed by atoms with Gasteiger partial charge in [-0.05, 0) is 55.8 Å². The molecule has 0 radical (unpaired) electrons. The van der Waals surface area contributed by atoms with Crippen LogP contribution >= 0.6 is 0 Å². The Balaban J connectivity index is 1.21. The van der Waals surface area contributed by atoms with Gasteiger partial charge >= 0.3 is 0 Å². The van der Waals surface area contributed by atoms with Crippen molar-refractivity contribution in [3.8, 4) is 28.1 Å². The van der Waals surface area contributed by atoms with Gasteiger partial charge in [0.05, 0.1) is 41.0 Å². The molecule has 0 aliphatic carbocycles. The number of imidazole rings is 1. The van der Waals surface area contributed by atoms with Gasteiger partial charge in [0.1, 0.15) is 24.7 Å². The molecule has 7 rings (SSSR count). The minimum atomic E-state index is 0.512. The van der Waals surface area contributed by atoms with Crippen molar-refractivity contribution in [2.45, 2.75) is 12.8 Å². The molecule has 0 bridgehead atoms. The molecule has 1 saturated heterocycles. The number of aromatic nitrogens is 6. The summed E-state index contributed by atoms with van der Waals surface area (Å²) < 4.78 is 6.04. The maximum atomic E-state index is 6.04. The summed E-state index contributed by atoms with van der Waals surface area (Å²) in [7, 11) is 2.01. The van der Waals surface area contributed by atoms with Crippen LogP contribution in [0.1, 0.15) is 24.2 Å². The first kappa shape index (κ1) is 24.3. The van der Waals surface area contributed by atoms with Gasteiger partial charge in [-0.2, -0.15) is 0 Å². The van der Waals surface area contributed by atoms with Crippen molar-refractivity contribution in [3.05, 3.63) is 79.0 Å². The third kappa shape index (κ3) is 4.66. The Morgan fingerprint density at radius 1 is 0.900 bits per heavy atom. The number of fused-ring (bicyclic) bond motifs is 2. The fourth-order valence-corrected chi connectivity index (χ4v) is 5.36. The predicted molar refractivity (Wildman–Crippen MR) is 155 cm³/mol. The standard InChI is InChI=1S/C30H29N9O/c1-38-19-35-29(30-36-26-17-33-16-24(28(26)37-30)20-4-6-31-7-5-20)23-13-25(34-18-27(23)38)21-12-22(15-32-14-21)40-11-10-39-8-2-3-9-39/h4-7,12-18H,2-3,8-11,19H2,1H3,(H,36,37). The van der Waals surface area contributed by atoms with Crippen molar-refractivity contribution in [2.75, 3.05) is 44.9 Å². The Morgan fingerprint density at radius 2 is 1.75 bits per heavy atom. The lowest BCUT2D eigenvalue weighted by Gasteiger charge is -2.25. The van der Waals surface area contributed by atoms with Crippen LogP contribution in [0.2, 0.25) is 0 Å². The van der Waals surface area contributed by atoms with E-state index in [1.54, 1.807) is 24.8 Å². The van der Waals surface area contributed by atoms with Gasteiger partial charge in [0.2, 0.25) is 0 Å². The number of aliphatic imine (C=N–C) groups is 1. The number of nitrogens with zero attached hydrogens (tertiary/aromatic N) is 8. The zero-order valence-corrected chi connectivity index (χ0v) is 22.3. The van der Waals surface area contributed by atoms with Gasteiger partial charge < -0.3 is 14.6 Å². The molecule has 5 aromatic heterocycles. The highest BCUT2D eigenvalue weighted by atomic mass is 16.5. The minimum absolute atomic E-state index is 0.512. The topological polar surface area (TPSA) is 108 Å². The van der Waals surface area contributed by atoms with Crippen LogP contribution in [0.25, 0.3) is 33.4 Å². The number of pyridine rings is 4. The van der Waals surface area contributed by atoms with E-state index < -0.39 is 0 Å². The van der Waals surface area contributed by atoms with Crippen molar-refractivity contribution >= 4 is 22.4 Å². The Bertz CT molecular complexity index is 1690. The summed E-state index contributed by atoms with van der Waals surface area (Å²) in [6.45, 7) is 4.41. The quantitative estimate of drug-likeness (QED) is 0.333. The summed E-state index contributed by atoms with van der Waals surface area (Å²) in [6.07, 6.45) is 15.2. The molecule has 0 unspecified atom stereocenters. The van der Waals surface area contributed by atoms with Gasteiger partial charge in [-0.15, -0.1) is 0 Å². The smallest absolute Gasteiger partial charge is 0.157 e. The molecule has 0 atom stereocenters. The summed E-state index contributed by atoms with van der Waals surface area (Å²) >= 11 is 0. The number of hydrogen-bond donors (Lipinski definition) is 1. The predicted octanol–water partition coefficient (Wildman–Crippen LogP) is 4.20. The van der Waals surface area contributed by atoms with E-state index >= 15 is 0 Å². The van der Waals surface area contributed by atoms with E-state index in [2.05, 4.69) is 35.8 Å². The van der Waals surface area contributed by atoms with E-state index in [1.165, 1.54) is 12.8 Å². The molecule has 10 nitrogen and oxygen atoms in total. The molecule has 1 fully saturated rings. The number of rotatable bonds is 7. The third-order valence-corrected chi connectivity index (χ3v) is 7.48. The van der Waals surface area contributed by atoms with Crippen LogP contribution in [0.5, 0.6) is 5.75 Å². The fourth-order valence-electron chi connectivity index (χ4n) is 5.36. The van der Waals surface area contributed by atoms with E-state index in [0.717, 1.165) is 75.8 Å². The second-order valence-corrected chi connectivity index (χ2v) is 10.1. The largest absolute Gasteiger partial charge is 0.491 e. The van der Waals surface area contributed by atoms with Gasteiger partial charge in [-0.3, -0.25) is 29.8 Å². The molecule has 200 valence electrons. The van der Waals surface area contributed by atoms with Gasteiger partial charge in [0.15, 0.2) is 5.82 Å². The Morgan fingerprint density at radius 3 is 2.62 bits per heavy atom. The molecule has 0 spiro atoms. The Hall–Kier alpha value is -4.70. The number of H-pyrrole nitrogens is 1. The third-order valence-electron chi connectivity index (χ3n) is 7.48. The first-order valence-corrected chi connectivity index (χ1v) is 13.5. The van der Waals surface area contributed by atoms with Gasteiger partial charge in [-0.25, -0.2) is 4.98 Å². The van der Waals surface area contributed by atoms with Crippen LogP contribution in [0.4, 0.5) is 5.69 Å². The molecule has 0 amide bonds. The van der Waals surface area contributed by atoms with E-state index in [4.69, 9.17) is 19.7 Å². The summed E-state index contributed by atoms with van der Waals surface area (Å²) in [5, 5.41) is 0. The number of likely N-dealkylation sites (tertiary alicyclic amines) is 1.